The van der Waals surface area contributed by atoms with Gasteiger partial charge in [-0.1, -0.05) is 13.8 Å². The van der Waals surface area contributed by atoms with Crippen LogP contribution in [0.1, 0.15) is 20.3 Å². The van der Waals surface area contributed by atoms with Gasteiger partial charge in [-0.15, -0.1) is 0 Å². The van der Waals surface area contributed by atoms with Crippen molar-refractivity contribution in [3.8, 4) is 0 Å². The summed E-state index contributed by atoms with van der Waals surface area (Å²) in [7, 11) is 0. The first-order valence-electron chi connectivity index (χ1n) is 5.75. The van der Waals surface area contributed by atoms with Crippen LogP contribution in [0.3, 0.4) is 0 Å². The van der Waals surface area contributed by atoms with Gasteiger partial charge in [0.25, 0.3) is 5.91 Å². The lowest BCUT2D eigenvalue weighted by Gasteiger charge is -2.22. The molecule has 2 fully saturated rings. The summed E-state index contributed by atoms with van der Waals surface area (Å²) in [4.78, 5) is 14.0. The molecule has 4 heteroatoms. The molecule has 4 unspecified atom stereocenters. The number of nitrogens with zero attached hydrogens (tertiary/aromatic N) is 1. The Labute approximate surface area is 90.8 Å². The molecule has 15 heavy (non-hydrogen) atoms. The Hall–Kier alpha value is -0.610. The highest BCUT2D eigenvalue weighted by Crippen LogP contribution is 2.24. The lowest BCUT2D eigenvalue weighted by atomic mass is 10.0. The van der Waals surface area contributed by atoms with Crippen LogP contribution >= 0.6 is 0 Å². The van der Waals surface area contributed by atoms with E-state index in [0.29, 0.717) is 25.0 Å². The zero-order chi connectivity index (χ0) is 11.0. The smallest absolute Gasteiger partial charge is 0.252 e. The maximum absolute atomic E-state index is 12.1. The number of ether oxygens (including phenoxy) is 1. The number of hydrogen-bond acceptors (Lipinski definition) is 3. The molecular weight excluding hydrogens is 192 g/mol. The normalized spacial score (nSPS) is 41.1. The Morgan fingerprint density at radius 2 is 2.07 bits per heavy atom. The molecule has 2 aliphatic heterocycles. The predicted octanol–water partition coefficient (Wildman–Crippen LogP) is 0.217. The Balaban J connectivity index is 1.97. The van der Waals surface area contributed by atoms with Crippen molar-refractivity contribution in [3.05, 3.63) is 0 Å². The Kier molecular flexibility index (Phi) is 2.98. The SMILES string of the molecule is CC1CN(C(=O)C2OCCC2C)CC1N. The van der Waals surface area contributed by atoms with Crippen LogP contribution in [0.2, 0.25) is 0 Å². The molecule has 0 bridgehead atoms. The van der Waals surface area contributed by atoms with E-state index < -0.39 is 0 Å². The van der Waals surface area contributed by atoms with E-state index in [9.17, 15) is 4.79 Å². The largest absolute Gasteiger partial charge is 0.368 e. The first kappa shape index (κ1) is 10.9. The lowest BCUT2D eigenvalue weighted by Crippen LogP contribution is -2.41. The van der Waals surface area contributed by atoms with Crippen molar-refractivity contribution < 1.29 is 9.53 Å². The molecule has 4 atom stereocenters. The fraction of sp³-hybridized carbons (Fsp3) is 0.909. The Morgan fingerprint density at radius 3 is 2.53 bits per heavy atom. The molecule has 0 aromatic rings. The fourth-order valence-electron chi connectivity index (χ4n) is 2.36. The molecule has 2 N–H and O–H groups in total. The third-order valence-electron chi connectivity index (χ3n) is 3.61. The van der Waals surface area contributed by atoms with Gasteiger partial charge in [-0.2, -0.15) is 0 Å². The van der Waals surface area contributed by atoms with Gasteiger partial charge in [-0.25, -0.2) is 0 Å². The lowest BCUT2D eigenvalue weighted by molar-refractivity contribution is -0.141. The van der Waals surface area contributed by atoms with Gasteiger partial charge in [0, 0.05) is 25.7 Å². The molecule has 0 aromatic heterocycles. The van der Waals surface area contributed by atoms with Gasteiger partial charge in [0.1, 0.15) is 6.10 Å². The van der Waals surface area contributed by atoms with Crippen LogP contribution in [-0.2, 0) is 9.53 Å². The summed E-state index contributed by atoms with van der Waals surface area (Å²) in [6.45, 7) is 6.36. The molecule has 0 radical (unpaired) electrons. The highest BCUT2D eigenvalue weighted by Gasteiger charge is 2.38. The van der Waals surface area contributed by atoms with E-state index in [-0.39, 0.29) is 18.1 Å². The Bertz CT molecular complexity index is 247. The maximum atomic E-state index is 12.1. The van der Waals surface area contributed by atoms with Gasteiger partial charge < -0.3 is 15.4 Å². The molecule has 2 aliphatic rings. The average molecular weight is 212 g/mol. The first-order chi connectivity index (χ1) is 7.09. The highest BCUT2D eigenvalue weighted by molar-refractivity contribution is 5.81. The van der Waals surface area contributed by atoms with Gasteiger partial charge in [0.15, 0.2) is 0 Å². The number of carbonyl (C=O) groups excluding carboxylic acids is 1. The Morgan fingerprint density at radius 1 is 1.33 bits per heavy atom. The minimum absolute atomic E-state index is 0.130. The summed E-state index contributed by atoms with van der Waals surface area (Å²) < 4.78 is 5.48. The number of hydrogen-bond donors (Lipinski definition) is 1. The van der Waals surface area contributed by atoms with E-state index in [2.05, 4.69) is 13.8 Å². The minimum atomic E-state index is -0.220. The summed E-state index contributed by atoms with van der Waals surface area (Å²) in [6.07, 6.45) is 0.772. The van der Waals surface area contributed by atoms with Crippen molar-refractivity contribution in [3.63, 3.8) is 0 Å². The topological polar surface area (TPSA) is 55.6 Å². The minimum Gasteiger partial charge on any atom is -0.368 e. The van der Waals surface area contributed by atoms with E-state index in [1.54, 1.807) is 0 Å². The second-order valence-corrected chi connectivity index (χ2v) is 4.94. The molecule has 86 valence electrons. The second-order valence-electron chi connectivity index (χ2n) is 4.94. The second kappa shape index (κ2) is 4.10. The molecule has 0 aliphatic carbocycles. The van der Waals surface area contributed by atoms with E-state index in [1.807, 2.05) is 4.90 Å². The van der Waals surface area contributed by atoms with Crippen LogP contribution in [0.4, 0.5) is 0 Å². The molecular formula is C11H20N2O2. The van der Waals surface area contributed by atoms with Crippen molar-refractivity contribution in [2.24, 2.45) is 17.6 Å². The molecule has 2 heterocycles. The maximum Gasteiger partial charge on any atom is 0.252 e. The van der Waals surface area contributed by atoms with Crippen LogP contribution in [0.15, 0.2) is 0 Å². The van der Waals surface area contributed by atoms with Gasteiger partial charge in [-0.05, 0) is 18.3 Å². The zero-order valence-corrected chi connectivity index (χ0v) is 9.48. The van der Waals surface area contributed by atoms with Crippen LogP contribution < -0.4 is 5.73 Å². The van der Waals surface area contributed by atoms with Crippen molar-refractivity contribution in [1.29, 1.82) is 0 Å². The molecule has 0 aromatic carbocycles. The van der Waals surface area contributed by atoms with Crippen LogP contribution in [-0.4, -0.2) is 42.6 Å². The fourth-order valence-corrected chi connectivity index (χ4v) is 2.36. The number of amides is 1. The van der Waals surface area contributed by atoms with E-state index in [0.717, 1.165) is 13.0 Å². The first-order valence-corrected chi connectivity index (χ1v) is 5.75. The molecule has 0 spiro atoms. The van der Waals surface area contributed by atoms with Gasteiger partial charge in [0.2, 0.25) is 0 Å². The van der Waals surface area contributed by atoms with Crippen LogP contribution in [0, 0.1) is 11.8 Å². The monoisotopic (exact) mass is 212 g/mol. The summed E-state index contributed by atoms with van der Waals surface area (Å²) in [5, 5.41) is 0. The van der Waals surface area contributed by atoms with Crippen molar-refractivity contribution in [2.75, 3.05) is 19.7 Å². The third kappa shape index (κ3) is 2.01. The van der Waals surface area contributed by atoms with Crippen molar-refractivity contribution in [2.45, 2.75) is 32.4 Å². The molecule has 4 nitrogen and oxygen atoms in total. The third-order valence-corrected chi connectivity index (χ3v) is 3.61. The summed E-state index contributed by atoms with van der Waals surface area (Å²) >= 11 is 0. The van der Waals surface area contributed by atoms with Crippen LogP contribution in [0.25, 0.3) is 0 Å². The van der Waals surface area contributed by atoms with E-state index >= 15 is 0 Å². The van der Waals surface area contributed by atoms with E-state index in [4.69, 9.17) is 10.5 Å². The highest BCUT2D eigenvalue weighted by atomic mass is 16.5. The zero-order valence-electron chi connectivity index (χ0n) is 9.48. The standard InChI is InChI=1S/C11H20N2O2/c1-7-3-4-15-10(7)11(14)13-5-8(2)9(12)6-13/h7-10H,3-6,12H2,1-2H3. The summed E-state index contributed by atoms with van der Waals surface area (Å²) in [5.41, 5.74) is 5.91. The predicted molar refractivity (Wildman–Crippen MR) is 57.2 cm³/mol. The average Bonchev–Trinajstić information content (AvgIpc) is 2.74. The van der Waals surface area contributed by atoms with Crippen LogP contribution in [0.5, 0.6) is 0 Å². The molecule has 2 rings (SSSR count). The van der Waals surface area contributed by atoms with Crippen molar-refractivity contribution in [1.82, 2.24) is 4.90 Å². The molecule has 0 saturated carbocycles. The van der Waals surface area contributed by atoms with Crippen molar-refractivity contribution >= 4 is 5.91 Å². The number of likely N-dealkylation sites (tertiary alicyclic amines) is 1. The number of nitrogens with two attached hydrogens (primary N) is 1. The molecule has 2 saturated heterocycles. The number of rotatable bonds is 1. The van der Waals surface area contributed by atoms with Gasteiger partial charge in [0.05, 0.1) is 0 Å². The van der Waals surface area contributed by atoms with Gasteiger partial charge in [-0.3, -0.25) is 4.79 Å². The molecule has 1 amide bonds. The number of carbonyl (C=O) groups is 1. The van der Waals surface area contributed by atoms with Gasteiger partial charge >= 0.3 is 0 Å². The summed E-state index contributed by atoms with van der Waals surface area (Å²) in [5.74, 6) is 0.898. The quantitative estimate of drug-likeness (QED) is 0.676. The van der Waals surface area contributed by atoms with E-state index in [1.165, 1.54) is 0 Å². The summed E-state index contributed by atoms with van der Waals surface area (Å²) in [6, 6.07) is 0.130.